The molecule has 0 fully saturated rings. The molecular formula is C25H22BrCl2N3O5S. The van der Waals surface area contributed by atoms with Gasteiger partial charge < -0.3 is 9.47 Å². The Morgan fingerprint density at radius 3 is 2.54 bits per heavy atom. The SMILES string of the molecule is C=CCOc1c(Br)cc(/C=N\NC(=O)CN(c2ccc(Cl)cc2Cl)S(=O)(=O)c2ccccc2)cc1OC. The monoisotopic (exact) mass is 625 g/mol. The van der Waals surface area contributed by atoms with Gasteiger partial charge in [0.25, 0.3) is 15.9 Å². The first-order chi connectivity index (χ1) is 17.7. The standard InChI is InChI=1S/C25H22BrCl2N3O5S/c1-3-11-36-25-20(26)12-17(13-23(25)35-2)15-29-30-24(32)16-31(22-10-9-18(27)14-21(22)28)37(33,34)19-7-5-4-6-8-19/h3-10,12-15H,1,11,16H2,2H3,(H,30,32)/b29-15-. The van der Waals surface area contributed by atoms with E-state index < -0.39 is 22.5 Å². The Morgan fingerprint density at radius 2 is 1.89 bits per heavy atom. The fourth-order valence-corrected chi connectivity index (χ4v) is 5.74. The second-order valence-corrected chi connectivity index (χ2v) is 10.9. The third-order valence-corrected chi connectivity index (χ3v) is 7.70. The minimum atomic E-state index is -4.14. The average molecular weight is 627 g/mol. The van der Waals surface area contributed by atoms with E-state index in [4.69, 9.17) is 32.7 Å². The highest BCUT2D eigenvalue weighted by Gasteiger charge is 2.28. The molecule has 0 radical (unpaired) electrons. The zero-order valence-corrected chi connectivity index (χ0v) is 23.4. The van der Waals surface area contributed by atoms with E-state index in [1.165, 1.54) is 43.7 Å². The number of rotatable bonds is 11. The molecule has 8 nitrogen and oxygen atoms in total. The van der Waals surface area contributed by atoms with Crippen molar-refractivity contribution in [1.29, 1.82) is 0 Å². The van der Waals surface area contributed by atoms with Crippen LogP contribution in [0.5, 0.6) is 11.5 Å². The number of hydrazone groups is 1. The molecule has 0 aliphatic rings. The molecule has 0 aliphatic carbocycles. The molecule has 3 aromatic rings. The Balaban J connectivity index is 1.83. The molecule has 0 heterocycles. The van der Waals surface area contributed by atoms with E-state index in [9.17, 15) is 13.2 Å². The van der Waals surface area contributed by atoms with Crippen molar-refractivity contribution < 1.29 is 22.7 Å². The lowest BCUT2D eigenvalue weighted by Gasteiger charge is -2.24. The molecule has 12 heteroatoms. The normalized spacial score (nSPS) is 11.2. The van der Waals surface area contributed by atoms with E-state index >= 15 is 0 Å². The lowest BCUT2D eigenvalue weighted by atomic mass is 10.2. The van der Waals surface area contributed by atoms with Gasteiger partial charge in [-0.2, -0.15) is 5.10 Å². The van der Waals surface area contributed by atoms with Crippen molar-refractivity contribution >= 4 is 67.0 Å². The Labute approximate surface area is 233 Å². The summed E-state index contributed by atoms with van der Waals surface area (Å²) in [6.07, 6.45) is 2.99. The van der Waals surface area contributed by atoms with Crippen molar-refractivity contribution in [3.63, 3.8) is 0 Å². The number of carbonyl (C=O) groups excluding carboxylic acids is 1. The number of ether oxygens (including phenoxy) is 2. The summed E-state index contributed by atoms with van der Waals surface area (Å²) in [5.41, 5.74) is 3.03. The van der Waals surface area contributed by atoms with Crippen LogP contribution in [-0.4, -0.2) is 40.8 Å². The second-order valence-electron chi connectivity index (χ2n) is 7.35. The summed E-state index contributed by atoms with van der Waals surface area (Å²) < 4.78 is 39.2. The first-order valence-electron chi connectivity index (χ1n) is 10.6. The quantitative estimate of drug-likeness (QED) is 0.168. The van der Waals surface area contributed by atoms with Crippen LogP contribution >= 0.6 is 39.1 Å². The molecular weight excluding hydrogens is 605 g/mol. The third-order valence-electron chi connectivity index (χ3n) is 4.80. The number of carbonyl (C=O) groups is 1. The third kappa shape index (κ3) is 7.26. The maximum Gasteiger partial charge on any atom is 0.264 e. The van der Waals surface area contributed by atoms with Gasteiger partial charge in [0.2, 0.25) is 0 Å². The zero-order chi connectivity index (χ0) is 27.0. The van der Waals surface area contributed by atoms with E-state index in [1.54, 1.807) is 36.4 Å². The summed E-state index contributed by atoms with van der Waals surface area (Å²) in [6.45, 7) is 3.32. The fraction of sp³-hybridized carbons (Fsp3) is 0.120. The van der Waals surface area contributed by atoms with E-state index in [2.05, 4.69) is 33.0 Å². The Hall–Kier alpha value is -3.05. The smallest absolute Gasteiger partial charge is 0.264 e. The van der Waals surface area contributed by atoms with Gasteiger partial charge in [-0.25, -0.2) is 13.8 Å². The minimum Gasteiger partial charge on any atom is -0.493 e. The molecule has 0 aromatic heterocycles. The van der Waals surface area contributed by atoms with Gasteiger partial charge in [-0.15, -0.1) is 0 Å². The number of hydrogen-bond acceptors (Lipinski definition) is 6. The van der Waals surface area contributed by atoms with Crippen molar-refractivity contribution in [1.82, 2.24) is 5.43 Å². The maximum absolute atomic E-state index is 13.4. The lowest BCUT2D eigenvalue weighted by Crippen LogP contribution is -2.39. The van der Waals surface area contributed by atoms with Gasteiger partial charge in [-0.1, -0.05) is 54.1 Å². The molecule has 0 unspecified atom stereocenters. The predicted molar refractivity (Wildman–Crippen MR) is 150 cm³/mol. The van der Waals surface area contributed by atoms with Crippen LogP contribution in [0.4, 0.5) is 5.69 Å². The number of methoxy groups -OCH3 is 1. The topological polar surface area (TPSA) is 97.3 Å². The first-order valence-corrected chi connectivity index (χ1v) is 13.6. The summed E-state index contributed by atoms with van der Waals surface area (Å²) in [7, 11) is -2.64. The minimum absolute atomic E-state index is 0.00646. The number of benzene rings is 3. The number of sulfonamides is 1. The summed E-state index contributed by atoms with van der Waals surface area (Å²) in [5.74, 6) is 0.241. The van der Waals surface area contributed by atoms with Gasteiger partial charge in [0.1, 0.15) is 13.2 Å². The molecule has 0 saturated heterocycles. The number of nitrogens with one attached hydrogen (secondary N) is 1. The van der Waals surface area contributed by atoms with Gasteiger partial charge in [-0.05, 0) is 64.0 Å². The van der Waals surface area contributed by atoms with Crippen LogP contribution in [-0.2, 0) is 14.8 Å². The number of halogens is 3. The summed E-state index contributed by atoms with van der Waals surface area (Å²) >= 11 is 15.7. The van der Waals surface area contributed by atoms with Crippen molar-refractivity contribution in [2.75, 3.05) is 24.6 Å². The van der Waals surface area contributed by atoms with E-state index in [0.29, 0.717) is 33.2 Å². The molecule has 3 aromatic carbocycles. The molecule has 1 N–H and O–H groups in total. The molecule has 194 valence electrons. The van der Waals surface area contributed by atoms with E-state index in [-0.39, 0.29) is 15.6 Å². The van der Waals surface area contributed by atoms with Crippen LogP contribution in [0.25, 0.3) is 0 Å². The average Bonchev–Trinajstić information content (AvgIpc) is 2.87. The van der Waals surface area contributed by atoms with Crippen LogP contribution in [0.2, 0.25) is 10.0 Å². The van der Waals surface area contributed by atoms with Crippen LogP contribution < -0.4 is 19.2 Å². The number of hydrogen-bond donors (Lipinski definition) is 1. The fourth-order valence-electron chi connectivity index (χ4n) is 3.14. The number of amides is 1. The Morgan fingerprint density at radius 1 is 1.16 bits per heavy atom. The van der Waals surface area contributed by atoms with Crippen molar-refractivity contribution in [2.45, 2.75) is 4.90 Å². The van der Waals surface area contributed by atoms with Crippen LogP contribution in [0.3, 0.4) is 0 Å². The molecule has 3 rings (SSSR count). The zero-order valence-electron chi connectivity index (χ0n) is 19.5. The van der Waals surface area contributed by atoms with E-state index in [1.807, 2.05) is 0 Å². The van der Waals surface area contributed by atoms with Crippen LogP contribution in [0, 0.1) is 0 Å². The Bertz CT molecular complexity index is 1420. The van der Waals surface area contributed by atoms with Crippen LogP contribution in [0.1, 0.15) is 5.56 Å². The highest BCUT2D eigenvalue weighted by Crippen LogP contribution is 2.36. The van der Waals surface area contributed by atoms with Gasteiger partial charge in [-0.3, -0.25) is 9.10 Å². The molecule has 0 aliphatic heterocycles. The highest BCUT2D eigenvalue weighted by molar-refractivity contribution is 9.10. The van der Waals surface area contributed by atoms with Crippen molar-refractivity contribution in [3.8, 4) is 11.5 Å². The largest absolute Gasteiger partial charge is 0.493 e. The maximum atomic E-state index is 13.4. The predicted octanol–water partition coefficient (Wildman–Crippen LogP) is 5.67. The van der Waals surface area contributed by atoms with Gasteiger partial charge in [0.05, 0.1) is 33.4 Å². The summed E-state index contributed by atoms with van der Waals surface area (Å²) in [4.78, 5) is 12.8. The number of nitrogens with zero attached hydrogens (tertiary/aromatic N) is 2. The molecule has 0 atom stereocenters. The number of anilines is 1. The molecule has 37 heavy (non-hydrogen) atoms. The van der Waals surface area contributed by atoms with Crippen LogP contribution in [0.15, 0.2) is 87.8 Å². The first kappa shape index (κ1) is 28.5. The molecule has 0 saturated carbocycles. The van der Waals surface area contributed by atoms with Crippen molar-refractivity contribution in [2.24, 2.45) is 5.10 Å². The molecule has 0 bridgehead atoms. The Kier molecular flexibility index (Phi) is 9.99. The van der Waals surface area contributed by atoms with Gasteiger partial charge in [0.15, 0.2) is 11.5 Å². The molecule has 1 amide bonds. The van der Waals surface area contributed by atoms with E-state index in [0.717, 1.165) is 4.31 Å². The molecule has 0 spiro atoms. The van der Waals surface area contributed by atoms with Crippen molar-refractivity contribution in [3.05, 3.63) is 93.4 Å². The lowest BCUT2D eigenvalue weighted by molar-refractivity contribution is -0.119. The highest BCUT2D eigenvalue weighted by atomic mass is 79.9. The summed E-state index contributed by atoms with van der Waals surface area (Å²) in [5, 5.41) is 4.34. The second kappa shape index (κ2) is 13.0. The van der Waals surface area contributed by atoms with Gasteiger partial charge in [0, 0.05) is 5.02 Å². The van der Waals surface area contributed by atoms with Gasteiger partial charge >= 0.3 is 0 Å². The summed E-state index contributed by atoms with van der Waals surface area (Å²) in [6, 6.07) is 15.4.